The molecule has 0 aliphatic rings. The molecule has 0 unspecified atom stereocenters. The molecular formula is C23H28N4O4. The van der Waals surface area contributed by atoms with Crippen molar-refractivity contribution in [3.05, 3.63) is 69.1 Å². The number of nitrogens with zero attached hydrogens (tertiary/aromatic N) is 2. The van der Waals surface area contributed by atoms with Crippen LogP contribution in [0.5, 0.6) is 0 Å². The van der Waals surface area contributed by atoms with Gasteiger partial charge in [-0.3, -0.25) is 19.1 Å². The summed E-state index contributed by atoms with van der Waals surface area (Å²) in [6.07, 6.45) is 2.13. The predicted molar refractivity (Wildman–Crippen MR) is 121 cm³/mol. The zero-order valence-corrected chi connectivity index (χ0v) is 17.9. The summed E-state index contributed by atoms with van der Waals surface area (Å²) in [5.41, 5.74) is 5.91. The minimum Gasteiger partial charge on any atom is -0.461 e. The molecule has 0 spiro atoms. The first-order chi connectivity index (χ1) is 15.0. The zero-order chi connectivity index (χ0) is 22.4. The fraction of sp³-hybridized carbons (Fsp3) is 0.348. The molecule has 3 aromatic rings. The van der Waals surface area contributed by atoms with Crippen molar-refractivity contribution in [1.29, 1.82) is 0 Å². The Labute approximate surface area is 180 Å². The first-order valence-corrected chi connectivity index (χ1v) is 10.5. The van der Waals surface area contributed by atoms with Crippen LogP contribution in [0.15, 0.2) is 56.5 Å². The molecule has 0 fully saturated rings. The van der Waals surface area contributed by atoms with Crippen LogP contribution >= 0.6 is 0 Å². The second kappa shape index (κ2) is 9.97. The number of unbranched alkanes of at least 4 members (excludes halogenated alkanes) is 1. The highest BCUT2D eigenvalue weighted by Crippen LogP contribution is 2.23. The van der Waals surface area contributed by atoms with Crippen LogP contribution in [0.4, 0.5) is 11.5 Å². The second-order valence-electron chi connectivity index (χ2n) is 7.27. The maximum atomic E-state index is 12.9. The summed E-state index contributed by atoms with van der Waals surface area (Å²) in [7, 11) is 0. The Bertz CT molecular complexity index is 1140. The minimum atomic E-state index is -0.658. The highest BCUT2D eigenvalue weighted by Gasteiger charge is 2.23. The molecule has 0 bridgehead atoms. The average molecular weight is 425 g/mol. The van der Waals surface area contributed by atoms with Crippen LogP contribution in [-0.2, 0) is 17.8 Å². The zero-order valence-electron chi connectivity index (χ0n) is 17.9. The van der Waals surface area contributed by atoms with Crippen LogP contribution < -0.4 is 21.9 Å². The summed E-state index contributed by atoms with van der Waals surface area (Å²) >= 11 is 0. The Balaban J connectivity index is 1.77. The number of carbonyl (C=O) groups excluding carboxylic acids is 1. The molecule has 0 aliphatic carbocycles. The summed E-state index contributed by atoms with van der Waals surface area (Å²) in [5, 5.41) is 0. The molecule has 0 aliphatic heterocycles. The fourth-order valence-corrected chi connectivity index (χ4v) is 3.47. The monoisotopic (exact) mass is 424 g/mol. The number of benzene rings is 1. The summed E-state index contributed by atoms with van der Waals surface area (Å²) in [5.74, 6) is 1.16. The van der Waals surface area contributed by atoms with Gasteiger partial charge < -0.3 is 15.1 Å². The molecule has 2 heterocycles. The maximum Gasteiger partial charge on any atom is 0.330 e. The lowest BCUT2D eigenvalue weighted by atomic mass is 10.2. The largest absolute Gasteiger partial charge is 0.461 e. The molecule has 8 heteroatoms. The van der Waals surface area contributed by atoms with E-state index in [0.717, 1.165) is 24.2 Å². The van der Waals surface area contributed by atoms with E-state index in [-0.39, 0.29) is 30.4 Å². The van der Waals surface area contributed by atoms with Crippen LogP contribution in [-0.4, -0.2) is 22.0 Å². The molecule has 2 aromatic heterocycles. The topological polar surface area (TPSA) is 114 Å². The summed E-state index contributed by atoms with van der Waals surface area (Å²) in [4.78, 5) is 41.1. The van der Waals surface area contributed by atoms with Gasteiger partial charge in [-0.2, -0.15) is 0 Å². The molecule has 1 amide bonds. The smallest absolute Gasteiger partial charge is 0.330 e. The molecular weight excluding hydrogens is 396 g/mol. The van der Waals surface area contributed by atoms with Crippen LogP contribution in [0.25, 0.3) is 11.3 Å². The maximum absolute atomic E-state index is 12.9. The third-order valence-electron chi connectivity index (χ3n) is 5.14. The SMILES string of the molecule is CCCCn1c(N)c(N(CC)C(=O)CCc2ccc(-c3ccccc3)o2)c(=O)[nH]c1=O. The molecule has 0 radical (unpaired) electrons. The summed E-state index contributed by atoms with van der Waals surface area (Å²) < 4.78 is 7.17. The van der Waals surface area contributed by atoms with E-state index in [2.05, 4.69) is 4.98 Å². The number of nitrogens with two attached hydrogens (primary N) is 1. The normalized spacial score (nSPS) is 10.9. The van der Waals surface area contributed by atoms with Crippen molar-refractivity contribution >= 4 is 17.4 Å². The minimum absolute atomic E-state index is 0.0155. The van der Waals surface area contributed by atoms with Gasteiger partial charge in [0, 0.05) is 31.5 Å². The Morgan fingerprint density at radius 1 is 1.13 bits per heavy atom. The first-order valence-electron chi connectivity index (χ1n) is 10.5. The van der Waals surface area contributed by atoms with Gasteiger partial charge in [-0.05, 0) is 25.5 Å². The quantitative estimate of drug-likeness (QED) is 0.548. The van der Waals surface area contributed by atoms with Gasteiger partial charge in [0.2, 0.25) is 5.91 Å². The number of hydrogen-bond donors (Lipinski definition) is 2. The van der Waals surface area contributed by atoms with Gasteiger partial charge in [-0.25, -0.2) is 4.79 Å². The third-order valence-corrected chi connectivity index (χ3v) is 5.14. The lowest BCUT2D eigenvalue weighted by Crippen LogP contribution is -2.41. The van der Waals surface area contributed by atoms with Crippen LogP contribution in [0.1, 0.15) is 38.9 Å². The van der Waals surface area contributed by atoms with Gasteiger partial charge in [0.25, 0.3) is 5.56 Å². The number of H-pyrrole nitrogens is 1. The van der Waals surface area contributed by atoms with Crippen LogP contribution in [0.2, 0.25) is 0 Å². The second-order valence-corrected chi connectivity index (χ2v) is 7.27. The van der Waals surface area contributed by atoms with Gasteiger partial charge in [0.1, 0.15) is 17.3 Å². The van der Waals surface area contributed by atoms with Crippen LogP contribution in [0.3, 0.4) is 0 Å². The Morgan fingerprint density at radius 3 is 2.55 bits per heavy atom. The Morgan fingerprint density at radius 2 is 1.87 bits per heavy atom. The van der Waals surface area contributed by atoms with Gasteiger partial charge >= 0.3 is 5.69 Å². The van der Waals surface area contributed by atoms with E-state index < -0.39 is 11.2 Å². The number of rotatable bonds is 9. The van der Waals surface area contributed by atoms with E-state index in [4.69, 9.17) is 10.2 Å². The van der Waals surface area contributed by atoms with E-state index >= 15 is 0 Å². The number of nitrogen functional groups attached to an aromatic ring is 1. The van der Waals surface area contributed by atoms with E-state index in [1.54, 1.807) is 6.92 Å². The van der Waals surface area contributed by atoms with Gasteiger partial charge in [0.15, 0.2) is 5.69 Å². The number of aryl methyl sites for hydroxylation is 1. The summed E-state index contributed by atoms with van der Waals surface area (Å²) in [6, 6.07) is 13.4. The number of aromatic amines is 1. The van der Waals surface area contributed by atoms with E-state index in [0.29, 0.717) is 18.7 Å². The molecule has 0 saturated heterocycles. The number of anilines is 2. The van der Waals surface area contributed by atoms with Crippen molar-refractivity contribution in [3.63, 3.8) is 0 Å². The van der Waals surface area contributed by atoms with E-state index in [1.165, 1.54) is 9.47 Å². The van der Waals surface area contributed by atoms with Crippen molar-refractivity contribution in [3.8, 4) is 11.3 Å². The predicted octanol–water partition coefficient (Wildman–Crippen LogP) is 3.16. The van der Waals surface area contributed by atoms with Gasteiger partial charge in [-0.15, -0.1) is 0 Å². The number of aromatic nitrogens is 2. The van der Waals surface area contributed by atoms with Crippen LogP contribution in [0, 0.1) is 0 Å². The van der Waals surface area contributed by atoms with Crippen molar-refractivity contribution in [2.75, 3.05) is 17.2 Å². The molecule has 3 N–H and O–H groups in total. The number of amides is 1. The van der Waals surface area contributed by atoms with E-state index in [9.17, 15) is 14.4 Å². The number of nitrogens with one attached hydrogen (secondary N) is 1. The molecule has 1 aromatic carbocycles. The third kappa shape index (κ3) is 4.96. The molecule has 3 rings (SSSR count). The van der Waals surface area contributed by atoms with Crippen molar-refractivity contribution in [2.45, 2.75) is 46.1 Å². The van der Waals surface area contributed by atoms with Gasteiger partial charge in [-0.1, -0.05) is 43.7 Å². The highest BCUT2D eigenvalue weighted by atomic mass is 16.3. The summed E-state index contributed by atoms with van der Waals surface area (Å²) in [6.45, 7) is 4.39. The Kier molecular flexibility index (Phi) is 7.12. The van der Waals surface area contributed by atoms with E-state index in [1.807, 2.05) is 49.4 Å². The van der Waals surface area contributed by atoms with Crippen molar-refractivity contribution < 1.29 is 9.21 Å². The molecule has 31 heavy (non-hydrogen) atoms. The molecule has 164 valence electrons. The standard InChI is InChI=1S/C23H28N4O4/c1-3-5-15-27-21(24)20(22(29)25-23(27)30)26(4-2)19(28)14-12-17-11-13-18(31-17)16-9-7-6-8-10-16/h6-11,13H,3-5,12,14-15,24H2,1-2H3,(H,25,29,30). The highest BCUT2D eigenvalue weighted by molar-refractivity contribution is 5.95. The number of carbonyl (C=O) groups is 1. The lowest BCUT2D eigenvalue weighted by molar-refractivity contribution is -0.118. The molecule has 8 nitrogen and oxygen atoms in total. The Hall–Kier alpha value is -3.55. The first kappa shape index (κ1) is 22.1. The van der Waals surface area contributed by atoms with Gasteiger partial charge in [0.05, 0.1) is 0 Å². The molecule has 0 atom stereocenters. The van der Waals surface area contributed by atoms with Crippen molar-refractivity contribution in [2.24, 2.45) is 0 Å². The average Bonchev–Trinajstić information content (AvgIpc) is 3.24. The van der Waals surface area contributed by atoms with Crippen molar-refractivity contribution in [1.82, 2.24) is 9.55 Å². The fourth-order valence-electron chi connectivity index (χ4n) is 3.47. The lowest BCUT2D eigenvalue weighted by Gasteiger charge is -2.23. The number of hydrogen-bond acceptors (Lipinski definition) is 5. The molecule has 0 saturated carbocycles. The number of furan rings is 1.